The zero-order valence-electron chi connectivity index (χ0n) is 13.4. The molecular weight excluding hydrogens is 332 g/mol. The summed E-state index contributed by atoms with van der Waals surface area (Å²) in [5.41, 5.74) is 7.94. The van der Waals surface area contributed by atoms with Gasteiger partial charge in [-0.1, -0.05) is 84.1 Å². The molecular formula is C20H17ClN4. The second kappa shape index (κ2) is 7.64. The lowest BCUT2D eigenvalue weighted by molar-refractivity contribution is 0.701. The van der Waals surface area contributed by atoms with Gasteiger partial charge in [0.1, 0.15) is 11.4 Å². The number of halogens is 1. The van der Waals surface area contributed by atoms with Crippen LogP contribution in [0.25, 0.3) is 11.4 Å². The van der Waals surface area contributed by atoms with Gasteiger partial charge in [-0.3, -0.25) is 0 Å². The fraction of sp³-hybridized carbons (Fsp3) is 0. The molecule has 3 aromatic carbocycles. The van der Waals surface area contributed by atoms with Gasteiger partial charge >= 0.3 is 0 Å². The van der Waals surface area contributed by atoms with Crippen LogP contribution in [0, 0.1) is 0 Å². The van der Waals surface area contributed by atoms with Crippen molar-refractivity contribution in [3.63, 3.8) is 0 Å². The Morgan fingerprint density at radius 1 is 0.640 bits per heavy atom. The summed E-state index contributed by atoms with van der Waals surface area (Å²) in [5, 5.41) is 10.5. The average molecular weight is 349 g/mol. The summed E-state index contributed by atoms with van der Waals surface area (Å²) in [6, 6.07) is 30.4. The second-order valence-electron chi connectivity index (χ2n) is 5.40. The normalized spacial score (nSPS) is 13.2. The first kappa shape index (κ1) is 16.7. The summed E-state index contributed by atoms with van der Waals surface area (Å²) < 4.78 is 0. The van der Waals surface area contributed by atoms with Crippen molar-refractivity contribution in [1.82, 2.24) is 5.53 Å². The van der Waals surface area contributed by atoms with Gasteiger partial charge in [0.25, 0.3) is 0 Å². The largest absolute Gasteiger partial charge is 0.236 e. The predicted octanol–water partition coefficient (Wildman–Crippen LogP) is 5.33. The third-order valence-corrected chi connectivity index (χ3v) is 3.85. The Kier molecular flexibility index (Phi) is 5.11. The third kappa shape index (κ3) is 3.39. The number of benzene rings is 3. The van der Waals surface area contributed by atoms with Gasteiger partial charge in [-0.2, -0.15) is 5.53 Å². The Morgan fingerprint density at radius 3 is 1.76 bits per heavy atom. The Bertz CT molecular complexity index is 877. The van der Waals surface area contributed by atoms with E-state index >= 15 is 0 Å². The molecule has 0 saturated heterocycles. The van der Waals surface area contributed by atoms with Crippen molar-refractivity contribution in [3.05, 3.63) is 102 Å². The summed E-state index contributed by atoms with van der Waals surface area (Å²) in [4.78, 5) is 0. The first-order valence-corrected chi connectivity index (χ1v) is 7.80. The molecule has 0 aromatic heterocycles. The molecule has 0 aliphatic carbocycles. The lowest BCUT2D eigenvalue weighted by atomic mass is 10.0. The summed E-state index contributed by atoms with van der Waals surface area (Å²) in [6.07, 6.45) is 0. The highest BCUT2D eigenvalue weighted by molar-refractivity contribution is 5.96. The molecule has 0 saturated carbocycles. The Morgan fingerprint density at radius 2 is 1.16 bits per heavy atom. The number of nitrogens with zero attached hydrogens (tertiary/aromatic N) is 3. The first-order chi connectivity index (χ1) is 11.9. The van der Waals surface area contributed by atoms with Crippen LogP contribution in [-0.2, 0) is 0 Å². The van der Waals surface area contributed by atoms with Crippen molar-refractivity contribution in [2.45, 2.75) is 0 Å². The molecule has 124 valence electrons. The van der Waals surface area contributed by atoms with Crippen molar-refractivity contribution >= 4 is 29.5 Å². The van der Waals surface area contributed by atoms with Crippen molar-refractivity contribution in [1.29, 1.82) is 0 Å². The number of rotatable bonds is 3. The highest BCUT2D eigenvalue weighted by atomic mass is 35.5. The van der Waals surface area contributed by atoms with Gasteiger partial charge in [-0.05, 0) is 12.1 Å². The average Bonchev–Trinajstić information content (AvgIpc) is 2.69. The smallest absolute Gasteiger partial charge is 0.121 e. The molecule has 25 heavy (non-hydrogen) atoms. The van der Waals surface area contributed by atoms with E-state index in [1.165, 1.54) is 0 Å². The lowest BCUT2D eigenvalue weighted by Gasteiger charge is -2.30. The van der Waals surface area contributed by atoms with Crippen LogP contribution in [0.15, 0.2) is 101 Å². The molecule has 1 aliphatic rings. The fourth-order valence-electron chi connectivity index (χ4n) is 2.74. The summed E-state index contributed by atoms with van der Waals surface area (Å²) in [5.74, 6) is 0. The standard InChI is InChI=1S/C20H16N4.ClH/c1-4-10-16(11-5-1)19-20(17-12-6-2-7-13-17)24(23-22-21-19)18-14-8-3-9-15-18;/h1-15H,(H,21,23);1H. The van der Waals surface area contributed by atoms with Gasteiger partial charge in [0.05, 0.1) is 5.69 Å². The SMILES string of the molecule is Cl.c1ccc(C2=C(c3ccccc3)N(c3ccccc3)NN=N2)cc1. The van der Waals surface area contributed by atoms with E-state index in [0.29, 0.717) is 0 Å². The molecule has 4 rings (SSSR count). The molecule has 0 spiro atoms. The molecule has 0 bridgehead atoms. The van der Waals surface area contributed by atoms with Crippen molar-refractivity contribution in [2.24, 2.45) is 10.3 Å². The quantitative estimate of drug-likeness (QED) is 0.695. The fourth-order valence-corrected chi connectivity index (χ4v) is 2.74. The second-order valence-corrected chi connectivity index (χ2v) is 5.40. The van der Waals surface area contributed by atoms with Crippen LogP contribution in [0.3, 0.4) is 0 Å². The van der Waals surface area contributed by atoms with E-state index in [9.17, 15) is 0 Å². The van der Waals surface area contributed by atoms with Crippen LogP contribution in [0.1, 0.15) is 11.1 Å². The summed E-state index contributed by atoms with van der Waals surface area (Å²) >= 11 is 0. The highest BCUT2D eigenvalue weighted by Gasteiger charge is 2.23. The first-order valence-electron chi connectivity index (χ1n) is 7.80. The number of hydrogen-bond donors (Lipinski definition) is 1. The third-order valence-electron chi connectivity index (χ3n) is 3.85. The van der Waals surface area contributed by atoms with Gasteiger partial charge < -0.3 is 0 Å². The predicted molar refractivity (Wildman–Crippen MR) is 104 cm³/mol. The van der Waals surface area contributed by atoms with Gasteiger partial charge in [0.15, 0.2) is 0 Å². The van der Waals surface area contributed by atoms with Crippen LogP contribution in [-0.4, -0.2) is 0 Å². The van der Waals surface area contributed by atoms with Gasteiger partial charge in [-0.15, -0.1) is 17.5 Å². The van der Waals surface area contributed by atoms with Crippen molar-refractivity contribution in [2.75, 3.05) is 5.01 Å². The number of hydrogen-bond acceptors (Lipinski definition) is 4. The maximum absolute atomic E-state index is 4.39. The van der Waals surface area contributed by atoms with E-state index in [2.05, 4.69) is 28.0 Å². The Balaban J connectivity index is 0.00000182. The molecule has 0 amide bonds. The lowest BCUT2D eigenvalue weighted by Crippen LogP contribution is -2.35. The topological polar surface area (TPSA) is 40.0 Å². The molecule has 0 radical (unpaired) electrons. The van der Waals surface area contributed by atoms with E-state index in [1.807, 2.05) is 83.9 Å². The summed E-state index contributed by atoms with van der Waals surface area (Å²) in [6.45, 7) is 0. The number of para-hydroxylation sites is 1. The number of anilines is 1. The molecule has 4 nitrogen and oxygen atoms in total. The van der Waals surface area contributed by atoms with Crippen LogP contribution < -0.4 is 10.5 Å². The van der Waals surface area contributed by atoms with Crippen LogP contribution in [0.4, 0.5) is 5.69 Å². The minimum absolute atomic E-state index is 0. The van der Waals surface area contributed by atoms with Crippen LogP contribution in [0.5, 0.6) is 0 Å². The molecule has 5 heteroatoms. The molecule has 1 aliphatic heterocycles. The van der Waals surface area contributed by atoms with E-state index in [-0.39, 0.29) is 12.4 Å². The minimum Gasteiger partial charge on any atom is -0.236 e. The molecule has 3 aromatic rings. The van der Waals surface area contributed by atoms with Crippen LogP contribution in [0.2, 0.25) is 0 Å². The molecule has 0 atom stereocenters. The Hall–Kier alpha value is -3.11. The van der Waals surface area contributed by atoms with E-state index in [0.717, 1.165) is 28.2 Å². The Labute approximate surface area is 152 Å². The monoisotopic (exact) mass is 348 g/mol. The van der Waals surface area contributed by atoms with Gasteiger partial charge in [0, 0.05) is 11.1 Å². The number of hydrazine groups is 1. The summed E-state index contributed by atoms with van der Waals surface area (Å²) in [7, 11) is 0. The zero-order valence-corrected chi connectivity index (χ0v) is 14.2. The van der Waals surface area contributed by atoms with Crippen molar-refractivity contribution in [3.8, 4) is 0 Å². The minimum atomic E-state index is 0. The molecule has 1 heterocycles. The van der Waals surface area contributed by atoms with Gasteiger partial charge in [-0.25, -0.2) is 5.01 Å². The maximum atomic E-state index is 4.39. The van der Waals surface area contributed by atoms with E-state index in [4.69, 9.17) is 0 Å². The van der Waals surface area contributed by atoms with E-state index in [1.54, 1.807) is 0 Å². The molecule has 0 unspecified atom stereocenters. The van der Waals surface area contributed by atoms with Crippen LogP contribution >= 0.6 is 12.4 Å². The highest BCUT2D eigenvalue weighted by Crippen LogP contribution is 2.34. The van der Waals surface area contributed by atoms with E-state index < -0.39 is 0 Å². The van der Waals surface area contributed by atoms with Gasteiger partial charge in [0.2, 0.25) is 0 Å². The van der Waals surface area contributed by atoms with Crippen molar-refractivity contribution < 1.29 is 0 Å². The molecule has 0 fully saturated rings. The number of nitrogens with one attached hydrogen (secondary N) is 1. The molecule has 1 N–H and O–H groups in total. The zero-order chi connectivity index (χ0) is 16.2. The maximum Gasteiger partial charge on any atom is 0.121 e.